The minimum Gasteiger partial charge on any atom is -0.481 e. The first-order chi connectivity index (χ1) is 7.97. The van der Waals surface area contributed by atoms with E-state index in [1.165, 1.54) is 0 Å². The largest absolute Gasteiger partial charge is 0.481 e. The van der Waals surface area contributed by atoms with E-state index >= 15 is 0 Å². The van der Waals surface area contributed by atoms with Crippen LogP contribution < -0.4 is 10.6 Å². The lowest BCUT2D eigenvalue weighted by Crippen LogP contribution is -2.46. The second-order valence-electron chi connectivity index (χ2n) is 4.70. The number of hydrogen-bond acceptors (Lipinski definition) is 3. The summed E-state index contributed by atoms with van der Waals surface area (Å²) >= 11 is 0. The van der Waals surface area contributed by atoms with E-state index in [4.69, 9.17) is 5.11 Å². The van der Waals surface area contributed by atoms with Crippen LogP contribution in [0, 0.1) is 0 Å². The first kappa shape index (κ1) is 13.8. The average Bonchev–Trinajstić information content (AvgIpc) is 2.60. The summed E-state index contributed by atoms with van der Waals surface area (Å²) in [4.78, 5) is 24.1. The minimum atomic E-state index is -0.837. The predicted molar refractivity (Wildman–Crippen MR) is 63.9 cm³/mol. The molecule has 2 unspecified atom stereocenters. The minimum absolute atomic E-state index is 0.0770. The molecule has 6 heteroatoms. The highest BCUT2D eigenvalue weighted by atomic mass is 16.4. The Morgan fingerprint density at radius 1 is 1.53 bits per heavy atom. The molecule has 0 saturated carbocycles. The molecular formula is C11H21N3O3. The monoisotopic (exact) mass is 243 g/mol. The summed E-state index contributed by atoms with van der Waals surface area (Å²) in [7, 11) is 2.02. The van der Waals surface area contributed by atoms with Crippen LogP contribution in [0.3, 0.4) is 0 Å². The molecule has 1 aliphatic heterocycles. The first-order valence-electron chi connectivity index (χ1n) is 5.94. The fraction of sp³-hybridized carbons (Fsp3) is 0.818. The Bertz CT molecular complexity index is 283. The smallest absolute Gasteiger partial charge is 0.315 e. The zero-order valence-electron chi connectivity index (χ0n) is 10.4. The van der Waals surface area contributed by atoms with Gasteiger partial charge in [-0.25, -0.2) is 4.79 Å². The molecule has 6 nitrogen and oxygen atoms in total. The maximum atomic E-state index is 11.6. The molecule has 1 saturated heterocycles. The van der Waals surface area contributed by atoms with Crippen LogP contribution in [0.2, 0.25) is 0 Å². The van der Waals surface area contributed by atoms with Gasteiger partial charge in [0.25, 0.3) is 0 Å². The Kier molecular flexibility index (Phi) is 5.21. The molecule has 0 aromatic carbocycles. The van der Waals surface area contributed by atoms with Gasteiger partial charge >= 0.3 is 12.0 Å². The molecule has 17 heavy (non-hydrogen) atoms. The number of likely N-dealkylation sites (N-methyl/N-ethyl adjacent to an activating group) is 1. The van der Waals surface area contributed by atoms with Gasteiger partial charge in [-0.05, 0) is 33.4 Å². The predicted octanol–water partition coefficient (Wildman–Crippen LogP) is 0.243. The number of nitrogens with one attached hydrogen (secondary N) is 2. The van der Waals surface area contributed by atoms with Gasteiger partial charge in [0, 0.05) is 25.0 Å². The quantitative estimate of drug-likeness (QED) is 0.646. The van der Waals surface area contributed by atoms with Crippen molar-refractivity contribution in [2.24, 2.45) is 0 Å². The van der Waals surface area contributed by atoms with E-state index in [1.807, 2.05) is 14.0 Å². The number of carboxylic acids is 1. The number of rotatable bonds is 5. The maximum absolute atomic E-state index is 11.6. The summed E-state index contributed by atoms with van der Waals surface area (Å²) in [6.07, 6.45) is 1.49. The summed E-state index contributed by atoms with van der Waals surface area (Å²) in [6, 6.07) is -0.125. The van der Waals surface area contributed by atoms with Gasteiger partial charge in [0.05, 0.1) is 0 Å². The zero-order valence-corrected chi connectivity index (χ0v) is 10.4. The second kappa shape index (κ2) is 6.44. The lowest BCUT2D eigenvalue weighted by molar-refractivity contribution is -0.137. The first-order valence-corrected chi connectivity index (χ1v) is 5.94. The third kappa shape index (κ3) is 5.53. The molecular weight excluding hydrogens is 222 g/mol. The molecule has 0 aliphatic carbocycles. The Balaban J connectivity index is 2.17. The van der Waals surface area contributed by atoms with Gasteiger partial charge in [0.2, 0.25) is 0 Å². The molecule has 3 N–H and O–H groups in total. The van der Waals surface area contributed by atoms with Crippen molar-refractivity contribution in [2.45, 2.75) is 38.3 Å². The third-order valence-corrected chi connectivity index (χ3v) is 2.90. The SMILES string of the molecule is CC(CCC(=O)O)NC(=O)NC1CCN(C)C1. The van der Waals surface area contributed by atoms with E-state index in [0.29, 0.717) is 6.42 Å². The zero-order chi connectivity index (χ0) is 12.8. The van der Waals surface area contributed by atoms with Crippen molar-refractivity contribution < 1.29 is 14.7 Å². The Morgan fingerprint density at radius 2 is 2.24 bits per heavy atom. The van der Waals surface area contributed by atoms with E-state index in [-0.39, 0.29) is 24.5 Å². The van der Waals surface area contributed by atoms with Gasteiger partial charge in [-0.3, -0.25) is 4.79 Å². The molecule has 2 atom stereocenters. The molecule has 0 aromatic rings. The van der Waals surface area contributed by atoms with Crippen LogP contribution in [0.4, 0.5) is 4.79 Å². The summed E-state index contributed by atoms with van der Waals surface area (Å²) in [6.45, 7) is 3.68. The van der Waals surface area contributed by atoms with Crippen molar-refractivity contribution >= 4 is 12.0 Å². The molecule has 2 amide bonds. The third-order valence-electron chi connectivity index (χ3n) is 2.90. The highest BCUT2D eigenvalue weighted by Gasteiger charge is 2.21. The highest BCUT2D eigenvalue weighted by Crippen LogP contribution is 2.05. The van der Waals surface area contributed by atoms with E-state index < -0.39 is 5.97 Å². The molecule has 1 heterocycles. The van der Waals surface area contributed by atoms with Gasteiger partial charge in [-0.2, -0.15) is 0 Å². The summed E-state index contributed by atoms with van der Waals surface area (Å²) in [5.74, 6) is -0.837. The van der Waals surface area contributed by atoms with Gasteiger partial charge < -0.3 is 20.6 Å². The van der Waals surface area contributed by atoms with Gasteiger partial charge in [0.15, 0.2) is 0 Å². The number of carbonyl (C=O) groups excluding carboxylic acids is 1. The number of urea groups is 1. The van der Waals surface area contributed by atoms with Crippen LogP contribution in [-0.4, -0.2) is 54.2 Å². The van der Waals surface area contributed by atoms with E-state index in [9.17, 15) is 9.59 Å². The van der Waals surface area contributed by atoms with Crippen LogP contribution in [-0.2, 0) is 4.79 Å². The van der Waals surface area contributed by atoms with Crippen molar-refractivity contribution in [2.75, 3.05) is 20.1 Å². The molecule has 1 fully saturated rings. The van der Waals surface area contributed by atoms with Crippen molar-refractivity contribution in [3.05, 3.63) is 0 Å². The fourth-order valence-electron chi connectivity index (χ4n) is 1.92. The maximum Gasteiger partial charge on any atom is 0.315 e. The van der Waals surface area contributed by atoms with E-state index in [0.717, 1.165) is 19.5 Å². The number of aliphatic carboxylic acids is 1. The van der Waals surface area contributed by atoms with Crippen LogP contribution in [0.1, 0.15) is 26.2 Å². The standard InChI is InChI=1S/C11H21N3O3/c1-8(3-4-10(15)16)12-11(17)13-9-5-6-14(2)7-9/h8-9H,3-7H2,1-2H3,(H,15,16)(H2,12,13,17). The van der Waals surface area contributed by atoms with Crippen molar-refractivity contribution in [1.29, 1.82) is 0 Å². The molecule has 98 valence electrons. The van der Waals surface area contributed by atoms with E-state index in [1.54, 1.807) is 0 Å². The molecule has 1 rings (SSSR count). The van der Waals surface area contributed by atoms with Crippen molar-refractivity contribution in [3.63, 3.8) is 0 Å². The molecule has 0 radical (unpaired) electrons. The van der Waals surface area contributed by atoms with Gasteiger partial charge in [0.1, 0.15) is 0 Å². The number of amides is 2. The Morgan fingerprint density at radius 3 is 2.76 bits per heavy atom. The lowest BCUT2D eigenvalue weighted by Gasteiger charge is -2.17. The number of hydrogen-bond donors (Lipinski definition) is 3. The van der Waals surface area contributed by atoms with E-state index in [2.05, 4.69) is 15.5 Å². The Labute approximate surface area is 101 Å². The molecule has 0 bridgehead atoms. The number of carboxylic acid groups (broad SMARTS) is 1. The number of likely N-dealkylation sites (tertiary alicyclic amines) is 1. The van der Waals surface area contributed by atoms with Crippen LogP contribution in [0.25, 0.3) is 0 Å². The van der Waals surface area contributed by atoms with Crippen molar-refractivity contribution in [3.8, 4) is 0 Å². The highest BCUT2D eigenvalue weighted by molar-refractivity contribution is 5.74. The molecule has 0 spiro atoms. The van der Waals surface area contributed by atoms with Crippen LogP contribution >= 0.6 is 0 Å². The van der Waals surface area contributed by atoms with Crippen molar-refractivity contribution in [1.82, 2.24) is 15.5 Å². The molecule has 0 aromatic heterocycles. The summed E-state index contributed by atoms with van der Waals surface area (Å²) in [5.41, 5.74) is 0. The van der Waals surface area contributed by atoms with Crippen LogP contribution in [0.15, 0.2) is 0 Å². The van der Waals surface area contributed by atoms with Gasteiger partial charge in [-0.15, -0.1) is 0 Å². The number of carbonyl (C=O) groups is 2. The van der Waals surface area contributed by atoms with Gasteiger partial charge in [-0.1, -0.05) is 0 Å². The number of nitrogens with zero attached hydrogens (tertiary/aromatic N) is 1. The fourth-order valence-corrected chi connectivity index (χ4v) is 1.92. The second-order valence-corrected chi connectivity index (χ2v) is 4.70. The summed E-state index contributed by atoms with van der Waals surface area (Å²) < 4.78 is 0. The Hall–Kier alpha value is -1.30. The topological polar surface area (TPSA) is 81.7 Å². The molecule has 1 aliphatic rings. The average molecular weight is 243 g/mol. The summed E-state index contributed by atoms with van der Waals surface area (Å²) in [5, 5.41) is 14.2. The normalized spacial score (nSPS) is 22.1. The van der Waals surface area contributed by atoms with Crippen LogP contribution in [0.5, 0.6) is 0 Å². The lowest BCUT2D eigenvalue weighted by atomic mass is 10.2.